The second kappa shape index (κ2) is 12.8. The van der Waals surface area contributed by atoms with Gasteiger partial charge in [-0.1, -0.05) is 24.3 Å². The van der Waals surface area contributed by atoms with Crippen LogP contribution in [0.4, 0.5) is 0 Å². The van der Waals surface area contributed by atoms with E-state index in [2.05, 4.69) is 51.8 Å². The number of aliphatic imine (C=N–C) groups is 1. The van der Waals surface area contributed by atoms with Crippen molar-refractivity contribution >= 4 is 29.9 Å². The predicted octanol–water partition coefficient (Wildman–Crippen LogP) is 3.24. The average Bonchev–Trinajstić information content (AvgIpc) is 3.38. The molecule has 0 aliphatic carbocycles. The van der Waals surface area contributed by atoms with Crippen LogP contribution in [0.15, 0.2) is 47.7 Å². The van der Waals surface area contributed by atoms with Crippen molar-refractivity contribution in [3.05, 3.63) is 53.9 Å². The molecule has 0 unspecified atom stereocenters. The number of rotatable bonds is 9. The van der Waals surface area contributed by atoms with Crippen molar-refractivity contribution in [3.8, 4) is 0 Å². The Kier molecular flexibility index (Phi) is 10.3. The summed E-state index contributed by atoms with van der Waals surface area (Å²) in [6.07, 6.45) is 7.50. The van der Waals surface area contributed by atoms with Crippen molar-refractivity contribution in [2.75, 3.05) is 26.2 Å². The quantitative estimate of drug-likeness (QED) is 0.242. The van der Waals surface area contributed by atoms with Crippen molar-refractivity contribution < 1.29 is 0 Å². The maximum atomic E-state index is 4.71. The maximum absolute atomic E-state index is 4.71. The van der Waals surface area contributed by atoms with Gasteiger partial charge in [-0.2, -0.15) is 5.10 Å². The van der Waals surface area contributed by atoms with Crippen LogP contribution in [0, 0.1) is 0 Å². The highest BCUT2D eigenvalue weighted by Gasteiger charge is 2.11. The van der Waals surface area contributed by atoms with E-state index in [9.17, 15) is 0 Å². The highest BCUT2D eigenvalue weighted by molar-refractivity contribution is 14.0. The number of hydrogen-bond donors (Lipinski definition) is 2. The summed E-state index contributed by atoms with van der Waals surface area (Å²) in [5.41, 5.74) is 2.64. The van der Waals surface area contributed by atoms with Crippen LogP contribution in [0.1, 0.15) is 37.3 Å². The Hall–Kier alpha value is -1.61. The van der Waals surface area contributed by atoms with E-state index in [1.165, 1.54) is 37.1 Å². The van der Waals surface area contributed by atoms with E-state index in [1.807, 2.05) is 23.1 Å². The summed E-state index contributed by atoms with van der Waals surface area (Å²) in [6, 6.07) is 10.9. The summed E-state index contributed by atoms with van der Waals surface area (Å²) in [6.45, 7) is 8.99. The molecule has 0 spiro atoms. The first kappa shape index (κ1) is 22.7. The van der Waals surface area contributed by atoms with Gasteiger partial charge in [0, 0.05) is 38.6 Å². The number of guanidine groups is 1. The lowest BCUT2D eigenvalue weighted by atomic mass is 10.1. The number of nitrogens with zero attached hydrogens (tertiary/aromatic N) is 4. The Morgan fingerprint density at radius 1 is 1.11 bits per heavy atom. The fraction of sp³-hybridized carbons (Fsp3) is 0.524. The molecule has 0 amide bonds. The molecule has 2 N–H and O–H groups in total. The number of nitrogens with one attached hydrogen (secondary N) is 2. The first-order valence-electron chi connectivity index (χ1n) is 10.1. The number of benzene rings is 1. The van der Waals surface area contributed by atoms with E-state index in [4.69, 9.17) is 4.99 Å². The third-order valence-corrected chi connectivity index (χ3v) is 4.81. The van der Waals surface area contributed by atoms with Gasteiger partial charge in [-0.3, -0.25) is 9.58 Å². The van der Waals surface area contributed by atoms with Gasteiger partial charge in [0.1, 0.15) is 0 Å². The minimum atomic E-state index is 0. The van der Waals surface area contributed by atoms with Gasteiger partial charge in [0.05, 0.1) is 6.54 Å². The van der Waals surface area contributed by atoms with E-state index in [1.54, 1.807) is 0 Å². The molecule has 1 aliphatic heterocycles. The molecule has 1 aromatic carbocycles. The van der Waals surface area contributed by atoms with Gasteiger partial charge >= 0.3 is 0 Å². The number of hydrogen-bond acceptors (Lipinski definition) is 3. The third kappa shape index (κ3) is 7.79. The number of halogens is 1. The number of likely N-dealkylation sites (tertiary alicyclic amines) is 1. The Morgan fingerprint density at radius 3 is 2.54 bits per heavy atom. The Morgan fingerprint density at radius 2 is 1.86 bits per heavy atom. The molecule has 0 saturated carbocycles. The Labute approximate surface area is 185 Å². The largest absolute Gasteiger partial charge is 0.357 e. The topological polar surface area (TPSA) is 57.5 Å². The van der Waals surface area contributed by atoms with Crippen molar-refractivity contribution in [1.82, 2.24) is 25.3 Å². The first-order chi connectivity index (χ1) is 13.3. The maximum Gasteiger partial charge on any atom is 0.191 e. The Balaban J connectivity index is 0.00000280. The third-order valence-electron chi connectivity index (χ3n) is 4.81. The molecule has 0 bridgehead atoms. The van der Waals surface area contributed by atoms with Gasteiger partial charge in [0.2, 0.25) is 0 Å². The van der Waals surface area contributed by atoms with E-state index < -0.39 is 0 Å². The van der Waals surface area contributed by atoms with E-state index in [0.717, 1.165) is 38.6 Å². The minimum Gasteiger partial charge on any atom is -0.357 e. The highest BCUT2D eigenvalue weighted by Crippen LogP contribution is 2.13. The summed E-state index contributed by atoms with van der Waals surface area (Å²) in [7, 11) is 0. The van der Waals surface area contributed by atoms with Crippen LogP contribution in [0.5, 0.6) is 0 Å². The van der Waals surface area contributed by atoms with Crippen LogP contribution in [0.25, 0.3) is 0 Å². The van der Waals surface area contributed by atoms with Crippen LogP contribution in [0.2, 0.25) is 0 Å². The van der Waals surface area contributed by atoms with Gasteiger partial charge in [0.25, 0.3) is 0 Å². The van der Waals surface area contributed by atoms with Gasteiger partial charge in [-0.25, -0.2) is 4.99 Å². The number of aromatic nitrogens is 2. The van der Waals surface area contributed by atoms with Gasteiger partial charge in [-0.05, 0) is 56.5 Å². The zero-order valence-electron chi connectivity index (χ0n) is 16.8. The molecule has 0 atom stereocenters. The molecule has 1 aromatic heterocycles. The zero-order valence-corrected chi connectivity index (χ0v) is 19.1. The smallest absolute Gasteiger partial charge is 0.191 e. The molecular weight excluding hydrogens is 463 g/mol. The molecule has 6 nitrogen and oxygen atoms in total. The molecule has 1 fully saturated rings. The second-order valence-electron chi connectivity index (χ2n) is 7.04. The molecule has 0 radical (unpaired) electrons. The van der Waals surface area contributed by atoms with Crippen molar-refractivity contribution in [2.24, 2.45) is 4.99 Å². The van der Waals surface area contributed by atoms with E-state index in [0.29, 0.717) is 6.54 Å². The van der Waals surface area contributed by atoms with Crippen LogP contribution in [-0.2, 0) is 19.6 Å². The van der Waals surface area contributed by atoms with Crippen LogP contribution < -0.4 is 10.6 Å². The molecule has 1 aliphatic rings. The molecule has 1 saturated heterocycles. The molecule has 2 aromatic rings. The van der Waals surface area contributed by atoms with Crippen molar-refractivity contribution in [1.29, 1.82) is 0 Å². The lowest BCUT2D eigenvalue weighted by Crippen LogP contribution is -2.38. The van der Waals surface area contributed by atoms with Crippen molar-refractivity contribution in [2.45, 2.75) is 45.8 Å². The molecule has 7 heteroatoms. The van der Waals surface area contributed by atoms with Gasteiger partial charge < -0.3 is 10.6 Å². The summed E-state index contributed by atoms with van der Waals surface area (Å²) in [5, 5.41) is 10.9. The van der Waals surface area contributed by atoms with E-state index >= 15 is 0 Å². The lowest BCUT2D eigenvalue weighted by Gasteiger charge is -2.14. The zero-order chi connectivity index (χ0) is 18.7. The molecular formula is C21H33IN6. The fourth-order valence-electron chi connectivity index (χ4n) is 3.34. The molecule has 154 valence electrons. The summed E-state index contributed by atoms with van der Waals surface area (Å²) in [4.78, 5) is 7.24. The molecule has 3 rings (SSSR count). The summed E-state index contributed by atoms with van der Waals surface area (Å²) >= 11 is 0. The summed E-state index contributed by atoms with van der Waals surface area (Å²) in [5.74, 6) is 0.874. The van der Waals surface area contributed by atoms with Crippen LogP contribution in [-0.4, -0.2) is 46.8 Å². The van der Waals surface area contributed by atoms with Crippen LogP contribution >= 0.6 is 24.0 Å². The van der Waals surface area contributed by atoms with E-state index in [-0.39, 0.29) is 24.0 Å². The SMILES string of the molecule is CCNC(=NCc1ccc(CN2CCCC2)cc1)NCCCn1cccn1.I. The normalized spacial score (nSPS) is 14.7. The number of aryl methyl sites for hydroxylation is 1. The lowest BCUT2D eigenvalue weighted by molar-refractivity contribution is 0.331. The minimum absolute atomic E-state index is 0. The fourth-order valence-corrected chi connectivity index (χ4v) is 3.34. The second-order valence-corrected chi connectivity index (χ2v) is 7.04. The highest BCUT2D eigenvalue weighted by atomic mass is 127. The predicted molar refractivity (Wildman–Crippen MR) is 126 cm³/mol. The standard InChI is InChI=1S/C21H32N6.HI/c1-2-22-21(23-11-5-15-27-16-6-12-25-27)24-17-19-7-9-20(10-8-19)18-26-13-3-4-14-26;/h6-10,12,16H,2-5,11,13-15,17-18H2,1H3,(H2,22,23,24);1H. The van der Waals surface area contributed by atoms with Gasteiger partial charge in [0.15, 0.2) is 5.96 Å². The van der Waals surface area contributed by atoms with Crippen LogP contribution in [0.3, 0.4) is 0 Å². The van der Waals surface area contributed by atoms with Gasteiger partial charge in [-0.15, -0.1) is 24.0 Å². The first-order valence-corrected chi connectivity index (χ1v) is 10.1. The average molecular weight is 496 g/mol. The molecule has 2 heterocycles. The molecule has 28 heavy (non-hydrogen) atoms. The van der Waals surface area contributed by atoms with Crippen molar-refractivity contribution in [3.63, 3.8) is 0 Å². The Bertz CT molecular complexity index is 677. The summed E-state index contributed by atoms with van der Waals surface area (Å²) < 4.78 is 1.95. The monoisotopic (exact) mass is 496 g/mol.